The third kappa shape index (κ3) is 3.92. The summed E-state index contributed by atoms with van der Waals surface area (Å²) in [5, 5.41) is 20.2. The zero-order valence-corrected chi connectivity index (χ0v) is 18.6. The fourth-order valence-electron chi connectivity index (χ4n) is 4.26. The van der Waals surface area contributed by atoms with Crippen molar-refractivity contribution in [3.05, 3.63) is 60.1 Å². The molecule has 3 N–H and O–H groups in total. The molecule has 1 aliphatic heterocycles. The Balaban J connectivity index is 1.40. The summed E-state index contributed by atoms with van der Waals surface area (Å²) in [7, 11) is 3.58. The number of amides is 1. The number of carbonyl (C=O) groups excluding carboxylic acids is 1. The number of β-amino-alcohol motifs (C(OH)–C–C–N with tert-alkyl or cyclic N) is 1. The van der Waals surface area contributed by atoms with E-state index >= 15 is 0 Å². The average Bonchev–Trinajstić information content (AvgIpc) is 3.51. The Morgan fingerprint density at radius 3 is 2.88 bits per heavy atom. The molecular formula is C22H25N9O2. The van der Waals surface area contributed by atoms with Crippen LogP contribution in [0.5, 0.6) is 0 Å². The van der Waals surface area contributed by atoms with Gasteiger partial charge in [-0.1, -0.05) is 0 Å². The fraction of sp³-hybridized carbons (Fsp3) is 0.318. The van der Waals surface area contributed by atoms with E-state index in [1.54, 1.807) is 24.0 Å². The molecular weight excluding hydrogens is 422 g/mol. The van der Waals surface area contributed by atoms with Crippen molar-refractivity contribution in [2.45, 2.75) is 25.5 Å². The molecule has 4 aromatic rings. The van der Waals surface area contributed by atoms with E-state index < -0.39 is 0 Å². The van der Waals surface area contributed by atoms with Crippen molar-refractivity contribution < 1.29 is 9.90 Å². The minimum absolute atomic E-state index is 0.133. The smallest absolute Gasteiger partial charge is 0.271 e. The van der Waals surface area contributed by atoms with Crippen molar-refractivity contribution in [2.24, 2.45) is 0 Å². The Labute approximate surface area is 190 Å². The Bertz CT molecular complexity index is 1330. The molecule has 4 aromatic heterocycles. The van der Waals surface area contributed by atoms with Crippen molar-refractivity contribution in [3.8, 4) is 5.82 Å². The van der Waals surface area contributed by atoms with Crippen molar-refractivity contribution in [3.63, 3.8) is 0 Å². The molecule has 0 radical (unpaired) electrons. The number of aromatic nitrogens is 6. The Morgan fingerprint density at radius 2 is 2.12 bits per heavy atom. The number of aryl methyl sites for hydroxylation is 1. The first-order chi connectivity index (χ1) is 15.9. The largest absolute Gasteiger partial charge is 0.392 e. The molecule has 5 heterocycles. The third-order valence-electron chi connectivity index (χ3n) is 5.91. The van der Waals surface area contributed by atoms with E-state index in [1.165, 1.54) is 0 Å². The molecule has 2 atom stereocenters. The number of aliphatic hydroxyl groups excluding tert-OH is 1. The van der Waals surface area contributed by atoms with Gasteiger partial charge in [0.05, 0.1) is 17.8 Å². The number of rotatable bonds is 5. The molecule has 170 valence electrons. The summed E-state index contributed by atoms with van der Waals surface area (Å²) in [5.41, 5.74) is 2.81. The summed E-state index contributed by atoms with van der Waals surface area (Å²) < 4.78 is 3.56. The van der Waals surface area contributed by atoms with Crippen LogP contribution in [0.25, 0.3) is 11.3 Å². The maximum absolute atomic E-state index is 12.2. The Kier molecular flexibility index (Phi) is 5.27. The quantitative estimate of drug-likeness (QED) is 0.420. The molecule has 11 nitrogen and oxygen atoms in total. The highest BCUT2D eigenvalue weighted by molar-refractivity contribution is 5.99. The number of hydrogen-bond donors (Lipinski definition) is 3. The van der Waals surface area contributed by atoms with Crippen LogP contribution in [0.2, 0.25) is 0 Å². The van der Waals surface area contributed by atoms with Gasteiger partial charge in [-0.25, -0.2) is 14.6 Å². The summed E-state index contributed by atoms with van der Waals surface area (Å²) in [6.45, 7) is 2.50. The zero-order chi connectivity index (χ0) is 23.1. The standard InChI is InChI=1S/C22H25N9O2/c1-13-26-20(21(33)23-2)18-8-15(5-7-30(13)18)27-22-24-6-4-19(28-22)31-11-14(10-25-31)17-9-16(32)12-29(17)3/h4-8,10-11,16-17,32H,9,12H2,1-3H3,(H,23,33)(H,24,27,28)/t16-,17-/m0/s1. The van der Waals surface area contributed by atoms with Crippen LogP contribution in [0.1, 0.15) is 34.3 Å². The number of likely N-dealkylation sites (tertiary alicyclic amines) is 1. The summed E-state index contributed by atoms with van der Waals surface area (Å²) in [6, 6.07) is 5.63. The fourth-order valence-corrected chi connectivity index (χ4v) is 4.26. The van der Waals surface area contributed by atoms with Gasteiger partial charge in [-0.2, -0.15) is 10.1 Å². The zero-order valence-electron chi connectivity index (χ0n) is 18.6. The molecule has 0 unspecified atom stereocenters. The number of pyridine rings is 1. The Hall–Kier alpha value is -3.83. The lowest BCUT2D eigenvalue weighted by Crippen LogP contribution is -2.19. The molecule has 1 amide bonds. The number of imidazole rings is 1. The predicted molar refractivity (Wildman–Crippen MR) is 122 cm³/mol. The summed E-state index contributed by atoms with van der Waals surface area (Å²) in [6.07, 6.45) is 7.62. The van der Waals surface area contributed by atoms with Gasteiger partial charge >= 0.3 is 0 Å². The number of hydrogen-bond acceptors (Lipinski definition) is 8. The number of nitrogens with zero attached hydrogens (tertiary/aromatic N) is 7. The first-order valence-electron chi connectivity index (χ1n) is 10.7. The number of likely N-dealkylation sites (N-methyl/N-ethyl adjacent to an activating group) is 1. The third-order valence-corrected chi connectivity index (χ3v) is 5.91. The average molecular weight is 448 g/mol. The lowest BCUT2D eigenvalue weighted by atomic mass is 10.1. The van der Waals surface area contributed by atoms with Gasteiger partial charge in [-0.3, -0.25) is 9.69 Å². The molecule has 0 saturated carbocycles. The first kappa shape index (κ1) is 21.0. The minimum Gasteiger partial charge on any atom is -0.392 e. The van der Waals surface area contributed by atoms with Crippen LogP contribution in [-0.4, -0.2) is 71.8 Å². The lowest BCUT2D eigenvalue weighted by molar-refractivity contribution is 0.0960. The van der Waals surface area contributed by atoms with E-state index in [1.807, 2.05) is 49.1 Å². The Morgan fingerprint density at radius 1 is 1.27 bits per heavy atom. The minimum atomic E-state index is -0.320. The topological polar surface area (TPSA) is 126 Å². The summed E-state index contributed by atoms with van der Waals surface area (Å²) in [4.78, 5) is 27.6. The molecule has 11 heteroatoms. The summed E-state index contributed by atoms with van der Waals surface area (Å²) in [5.74, 6) is 1.50. The van der Waals surface area contributed by atoms with Crippen LogP contribution in [-0.2, 0) is 0 Å². The van der Waals surface area contributed by atoms with Crippen molar-refractivity contribution in [1.29, 1.82) is 0 Å². The molecule has 1 saturated heterocycles. The highest BCUT2D eigenvalue weighted by Crippen LogP contribution is 2.30. The van der Waals surface area contributed by atoms with Crippen LogP contribution >= 0.6 is 0 Å². The molecule has 0 aromatic carbocycles. The van der Waals surface area contributed by atoms with Gasteiger partial charge in [0.2, 0.25) is 5.95 Å². The van der Waals surface area contributed by atoms with Crippen LogP contribution < -0.4 is 10.6 Å². The maximum atomic E-state index is 12.2. The SMILES string of the molecule is CNC(=O)c1nc(C)n2ccc(Nc3nccc(-n4cc([C@@H]5C[C@H](O)CN5C)cn4)n3)cc12. The van der Waals surface area contributed by atoms with Gasteiger partial charge in [-0.15, -0.1) is 0 Å². The number of nitrogens with one attached hydrogen (secondary N) is 2. The molecule has 5 rings (SSSR count). The van der Waals surface area contributed by atoms with Gasteiger partial charge in [0.25, 0.3) is 5.91 Å². The lowest BCUT2D eigenvalue weighted by Gasteiger charge is -2.16. The van der Waals surface area contributed by atoms with Gasteiger partial charge in [-0.05, 0) is 32.5 Å². The second-order valence-corrected chi connectivity index (χ2v) is 8.18. The van der Waals surface area contributed by atoms with Gasteiger partial charge in [0, 0.05) is 55.5 Å². The van der Waals surface area contributed by atoms with Gasteiger partial charge in [0.1, 0.15) is 5.82 Å². The molecule has 0 aliphatic carbocycles. The van der Waals surface area contributed by atoms with E-state index in [2.05, 4.69) is 35.6 Å². The first-order valence-corrected chi connectivity index (χ1v) is 10.7. The maximum Gasteiger partial charge on any atom is 0.271 e. The van der Waals surface area contributed by atoms with Crippen LogP contribution in [0, 0.1) is 6.92 Å². The van der Waals surface area contributed by atoms with Crippen molar-refractivity contribution >= 4 is 23.1 Å². The van der Waals surface area contributed by atoms with Gasteiger partial charge < -0.3 is 20.1 Å². The van der Waals surface area contributed by atoms with E-state index in [0.717, 1.165) is 17.1 Å². The number of fused-ring (bicyclic) bond motifs is 1. The predicted octanol–water partition coefficient (Wildman–Crippen LogP) is 1.46. The molecule has 1 fully saturated rings. The van der Waals surface area contributed by atoms with E-state index in [-0.39, 0.29) is 18.1 Å². The van der Waals surface area contributed by atoms with Crippen LogP contribution in [0.15, 0.2) is 43.0 Å². The normalized spacial score (nSPS) is 18.7. The number of aliphatic hydroxyl groups is 1. The highest BCUT2D eigenvalue weighted by atomic mass is 16.3. The monoisotopic (exact) mass is 447 g/mol. The second kappa shape index (κ2) is 8.26. The summed E-state index contributed by atoms with van der Waals surface area (Å²) >= 11 is 0. The number of carbonyl (C=O) groups is 1. The van der Waals surface area contributed by atoms with Crippen molar-refractivity contribution in [1.82, 2.24) is 39.3 Å². The molecule has 1 aliphatic rings. The van der Waals surface area contributed by atoms with Crippen molar-refractivity contribution in [2.75, 3.05) is 26.0 Å². The van der Waals surface area contributed by atoms with Gasteiger partial charge in [0.15, 0.2) is 11.5 Å². The van der Waals surface area contributed by atoms with E-state index in [9.17, 15) is 9.90 Å². The highest BCUT2D eigenvalue weighted by Gasteiger charge is 2.30. The molecule has 0 spiro atoms. The van der Waals surface area contributed by atoms with Crippen LogP contribution in [0.3, 0.4) is 0 Å². The molecule has 0 bridgehead atoms. The van der Waals surface area contributed by atoms with Crippen LogP contribution in [0.4, 0.5) is 11.6 Å². The molecule has 33 heavy (non-hydrogen) atoms. The second-order valence-electron chi connectivity index (χ2n) is 8.18. The van der Waals surface area contributed by atoms with E-state index in [4.69, 9.17) is 0 Å². The number of anilines is 2. The van der Waals surface area contributed by atoms with E-state index in [0.29, 0.717) is 35.9 Å².